The molecule has 0 spiro atoms. The van der Waals surface area contributed by atoms with Gasteiger partial charge in [-0.1, -0.05) is 0 Å². The Bertz CT molecular complexity index is 855. The van der Waals surface area contributed by atoms with Gasteiger partial charge in [-0.15, -0.1) is 0 Å². The van der Waals surface area contributed by atoms with Gasteiger partial charge in [0.15, 0.2) is 0 Å². The minimum absolute atomic E-state index is 0.318. The van der Waals surface area contributed by atoms with E-state index in [9.17, 15) is 9.90 Å². The second-order valence-corrected chi connectivity index (χ2v) is 6.31. The number of piperidine rings is 1. The number of hydrogen-bond donors (Lipinski definition) is 2. The van der Waals surface area contributed by atoms with E-state index in [0.717, 1.165) is 49.1 Å². The van der Waals surface area contributed by atoms with Crippen molar-refractivity contribution in [2.24, 2.45) is 5.92 Å². The summed E-state index contributed by atoms with van der Waals surface area (Å²) in [5, 5.41) is 14.6. The summed E-state index contributed by atoms with van der Waals surface area (Å²) >= 11 is 0. The smallest absolute Gasteiger partial charge is 0.335 e. The number of hydrogen-bond acceptors (Lipinski definition) is 4. The van der Waals surface area contributed by atoms with Gasteiger partial charge >= 0.3 is 5.97 Å². The van der Waals surface area contributed by atoms with E-state index in [4.69, 9.17) is 0 Å². The van der Waals surface area contributed by atoms with Crippen molar-refractivity contribution >= 4 is 22.6 Å². The van der Waals surface area contributed by atoms with Crippen molar-refractivity contribution < 1.29 is 9.90 Å². The zero-order valence-electron chi connectivity index (χ0n) is 13.2. The first-order valence-corrected chi connectivity index (χ1v) is 8.12. The largest absolute Gasteiger partial charge is 0.478 e. The standard InChI is InChI=1S/C17H19N5O2/c23-17(24)13-6-15-14(3-4-19-15)16(7-13)21-5-1-2-12(8-21)9-22-11-18-10-20-22/h3-4,6-7,10-12,19H,1-2,5,8-9H2,(H,23,24). The third-order valence-electron chi connectivity index (χ3n) is 4.67. The summed E-state index contributed by atoms with van der Waals surface area (Å²) in [6, 6.07) is 5.49. The molecule has 7 heteroatoms. The second-order valence-electron chi connectivity index (χ2n) is 6.31. The van der Waals surface area contributed by atoms with E-state index in [1.807, 2.05) is 16.9 Å². The van der Waals surface area contributed by atoms with Crippen LogP contribution in [0.5, 0.6) is 0 Å². The predicted octanol–water partition coefficient (Wildman–Crippen LogP) is 2.37. The maximum absolute atomic E-state index is 11.4. The van der Waals surface area contributed by atoms with Gasteiger partial charge in [-0.05, 0) is 37.0 Å². The van der Waals surface area contributed by atoms with Gasteiger partial charge in [0.05, 0.1) is 5.56 Å². The molecule has 0 bridgehead atoms. The zero-order valence-corrected chi connectivity index (χ0v) is 13.2. The Morgan fingerprint density at radius 2 is 2.33 bits per heavy atom. The van der Waals surface area contributed by atoms with Crippen molar-refractivity contribution in [1.29, 1.82) is 0 Å². The van der Waals surface area contributed by atoms with E-state index >= 15 is 0 Å². The first-order valence-electron chi connectivity index (χ1n) is 8.12. The van der Waals surface area contributed by atoms with Crippen LogP contribution in [-0.2, 0) is 6.54 Å². The van der Waals surface area contributed by atoms with Crippen LogP contribution in [-0.4, -0.2) is 43.9 Å². The first kappa shape index (κ1) is 14.7. The van der Waals surface area contributed by atoms with Gasteiger partial charge in [0, 0.05) is 42.4 Å². The van der Waals surface area contributed by atoms with Crippen molar-refractivity contribution in [3.8, 4) is 0 Å². The van der Waals surface area contributed by atoms with Crippen LogP contribution >= 0.6 is 0 Å². The maximum Gasteiger partial charge on any atom is 0.335 e. The molecule has 1 atom stereocenters. The summed E-state index contributed by atoms with van der Waals surface area (Å²) in [7, 11) is 0. The zero-order chi connectivity index (χ0) is 16.5. The molecular formula is C17H19N5O2. The van der Waals surface area contributed by atoms with E-state index in [2.05, 4.69) is 20.0 Å². The summed E-state index contributed by atoms with van der Waals surface area (Å²) in [5.41, 5.74) is 2.18. The summed E-state index contributed by atoms with van der Waals surface area (Å²) < 4.78 is 1.87. The predicted molar refractivity (Wildman–Crippen MR) is 90.2 cm³/mol. The quantitative estimate of drug-likeness (QED) is 0.769. The fourth-order valence-corrected chi connectivity index (χ4v) is 3.56. The fourth-order valence-electron chi connectivity index (χ4n) is 3.56. The maximum atomic E-state index is 11.4. The Hall–Kier alpha value is -2.83. The minimum Gasteiger partial charge on any atom is -0.478 e. The van der Waals surface area contributed by atoms with Gasteiger partial charge < -0.3 is 15.0 Å². The van der Waals surface area contributed by atoms with Crippen molar-refractivity contribution in [1.82, 2.24) is 19.7 Å². The number of carboxylic acids is 1. The van der Waals surface area contributed by atoms with Crippen LogP contribution in [0.4, 0.5) is 5.69 Å². The topological polar surface area (TPSA) is 87.0 Å². The lowest BCUT2D eigenvalue weighted by molar-refractivity contribution is 0.0697. The van der Waals surface area contributed by atoms with Crippen LogP contribution in [0.3, 0.4) is 0 Å². The number of aromatic amines is 1. The molecule has 1 unspecified atom stereocenters. The number of nitrogens with zero attached hydrogens (tertiary/aromatic N) is 4. The van der Waals surface area contributed by atoms with Crippen LogP contribution in [0, 0.1) is 5.92 Å². The van der Waals surface area contributed by atoms with Crippen LogP contribution in [0.2, 0.25) is 0 Å². The molecule has 124 valence electrons. The molecule has 0 amide bonds. The summed E-state index contributed by atoms with van der Waals surface area (Å²) in [5.74, 6) is -0.424. The SMILES string of the molecule is O=C(O)c1cc(N2CCCC(Cn3cncn3)C2)c2cc[nH]c2c1. The molecule has 0 radical (unpaired) electrons. The normalized spacial score (nSPS) is 18.2. The number of carboxylic acid groups (broad SMARTS) is 1. The number of aromatic nitrogens is 4. The number of fused-ring (bicyclic) bond motifs is 1. The number of rotatable bonds is 4. The van der Waals surface area contributed by atoms with Crippen molar-refractivity contribution in [3.05, 3.63) is 42.6 Å². The Morgan fingerprint density at radius 3 is 3.12 bits per heavy atom. The second kappa shape index (κ2) is 5.99. The van der Waals surface area contributed by atoms with Crippen LogP contribution in [0.25, 0.3) is 10.9 Å². The highest BCUT2D eigenvalue weighted by Gasteiger charge is 2.23. The molecular weight excluding hydrogens is 306 g/mol. The van der Waals surface area contributed by atoms with Crippen LogP contribution < -0.4 is 4.90 Å². The van der Waals surface area contributed by atoms with Crippen molar-refractivity contribution in [3.63, 3.8) is 0 Å². The van der Waals surface area contributed by atoms with E-state index in [1.165, 1.54) is 0 Å². The third-order valence-corrected chi connectivity index (χ3v) is 4.67. The molecule has 7 nitrogen and oxygen atoms in total. The number of aromatic carboxylic acids is 1. The van der Waals surface area contributed by atoms with E-state index in [-0.39, 0.29) is 0 Å². The molecule has 1 fully saturated rings. The lowest BCUT2D eigenvalue weighted by Crippen LogP contribution is -2.37. The summed E-state index contributed by atoms with van der Waals surface area (Å²) in [4.78, 5) is 20.9. The summed E-state index contributed by atoms with van der Waals surface area (Å²) in [6.07, 6.45) is 7.39. The van der Waals surface area contributed by atoms with Gasteiger partial charge in [0.1, 0.15) is 12.7 Å². The average Bonchev–Trinajstić information content (AvgIpc) is 3.25. The number of anilines is 1. The Labute approximate surface area is 138 Å². The van der Waals surface area contributed by atoms with Crippen molar-refractivity contribution in [2.45, 2.75) is 19.4 Å². The molecule has 0 aliphatic carbocycles. The van der Waals surface area contributed by atoms with Crippen molar-refractivity contribution in [2.75, 3.05) is 18.0 Å². The highest BCUT2D eigenvalue weighted by Crippen LogP contribution is 2.32. The molecule has 4 rings (SSSR count). The highest BCUT2D eigenvalue weighted by molar-refractivity contribution is 6.00. The molecule has 0 saturated carbocycles. The molecule has 1 aliphatic rings. The molecule has 1 aromatic carbocycles. The molecule has 1 saturated heterocycles. The highest BCUT2D eigenvalue weighted by atomic mass is 16.4. The van der Waals surface area contributed by atoms with Gasteiger partial charge in [0.25, 0.3) is 0 Å². The van der Waals surface area contributed by atoms with Gasteiger partial charge in [-0.3, -0.25) is 4.68 Å². The third kappa shape index (κ3) is 2.73. The molecule has 2 aromatic heterocycles. The number of carbonyl (C=O) groups is 1. The van der Waals surface area contributed by atoms with Gasteiger partial charge in [-0.25, -0.2) is 9.78 Å². The fraction of sp³-hybridized carbons (Fsp3) is 0.353. The molecule has 24 heavy (non-hydrogen) atoms. The molecule has 3 aromatic rings. The Morgan fingerprint density at radius 1 is 1.42 bits per heavy atom. The molecule has 1 aliphatic heterocycles. The monoisotopic (exact) mass is 325 g/mol. The van der Waals surface area contributed by atoms with Gasteiger partial charge in [-0.2, -0.15) is 5.10 Å². The number of nitrogens with one attached hydrogen (secondary N) is 1. The van der Waals surface area contributed by atoms with Crippen LogP contribution in [0.15, 0.2) is 37.1 Å². The van der Waals surface area contributed by atoms with E-state index in [0.29, 0.717) is 11.5 Å². The number of benzene rings is 1. The van der Waals surface area contributed by atoms with E-state index in [1.54, 1.807) is 24.8 Å². The Balaban J connectivity index is 1.63. The number of H-pyrrole nitrogens is 1. The lowest BCUT2D eigenvalue weighted by atomic mass is 9.96. The molecule has 2 N–H and O–H groups in total. The van der Waals surface area contributed by atoms with Gasteiger partial charge in [0.2, 0.25) is 0 Å². The molecule has 3 heterocycles. The van der Waals surface area contributed by atoms with E-state index < -0.39 is 5.97 Å². The Kier molecular flexibility index (Phi) is 3.68. The first-order chi connectivity index (χ1) is 11.7. The lowest BCUT2D eigenvalue weighted by Gasteiger charge is -2.35. The average molecular weight is 325 g/mol. The minimum atomic E-state index is -0.899. The van der Waals surface area contributed by atoms with Crippen LogP contribution in [0.1, 0.15) is 23.2 Å². The summed E-state index contributed by atoms with van der Waals surface area (Å²) in [6.45, 7) is 2.67.